The smallest absolute Gasteiger partial charge is 0.331 e. The summed E-state index contributed by atoms with van der Waals surface area (Å²) in [6, 6.07) is 7.21. The number of carbonyl (C=O) groups excluding carboxylic acids is 1. The molecule has 0 aliphatic carbocycles. The largest absolute Gasteiger partial charge is 0.493 e. The van der Waals surface area contributed by atoms with E-state index in [2.05, 4.69) is 10.2 Å². The van der Waals surface area contributed by atoms with Crippen LogP contribution in [0.15, 0.2) is 39.2 Å². The van der Waals surface area contributed by atoms with Crippen molar-refractivity contribution < 1.29 is 27.8 Å². The molecule has 2 aromatic heterocycles. The van der Waals surface area contributed by atoms with E-state index in [4.69, 9.17) is 23.0 Å². The van der Waals surface area contributed by atoms with Crippen LogP contribution in [0, 0.1) is 13.8 Å². The number of esters is 1. The molecule has 0 N–H and O–H groups in total. The molecule has 1 aromatic carbocycles. The van der Waals surface area contributed by atoms with Crippen LogP contribution in [0.1, 0.15) is 36.8 Å². The average Bonchev–Trinajstić information content (AvgIpc) is 3.30. The average molecular weight is 412 g/mol. The molecule has 0 aliphatic heterocycles. The predicted molar refractivity (Wildman–Crippen MR) is 109 cm³/mol. The molecule has 158 valence electrons. The number of hydrogen-bond acceptors (Lipinski definition) is 8. The van der Waals surface area contributed by atoms with Gasteiger partial charge in [-0.3, -0.25) is 0 Å². The molecular weight excluding hydrogens is 388 g/mol. The maximum absolute atomic E-state index is 12.0. The van der Waals surface area contributed by atoms with E-state index < -0.39 is 5.97 Å². The fraction of sp³-hybridized carbons (Fsp3) is 0.318. The summed E-state index contributed by atoms with van der Waals surface area (Å²) in [4.78, 5) is 12.0. The van der Waals surface area contributed by atoms with Crippen molar-refractivity contribution in [3.8, 4) is 23.0 Å². The molecule has 3 aromatic rings. The van der Waals surface area contributed by atoms with Crippen LogP contribution in [0.25, 0.3) is 17.5 Å². The van der Waals surface area contributed by atoms with Gasteiger partial charge in [0, 0.05) is 6.08 Å². The summed E-state index contributed by atoms with van der Waals surface area (Å²) in [5, 5.41) is 7.87. The Kier molecular flexibility index (Phi) is 6.56. The van der Waals surface area contributed by atoms with E-state index in [0.717, 1.165) is 16.9 Å². The summed E-state index contributed by atoms with van der Waals surface area (Å²) in [6.07, 6.45) is 2.97. The first-order chi connectivity index (χ1) is 14.4. The number of aromatic nitrogens is 2. The van der Waals surface area contributed by atoms with Gasteiger partial charge in [0.15, 0.2) is 18.1 Å². The molecule has 0 saturated heterocycles. The van der Waals surface area contributed by atoms with Crippen molar-refractivity contribution in [1.82, 2.24) is 10.2 Å². The molecule has 2 heterocycles. The predicted octanol–water partition coefficient (Wildman–Crippen LogP) is 4.50. The third kappa shape index (κ3) is 5.28. The second-order valence-electron chi connectivity index (χ2n) is 6.85. The van der Waals surface area contributed by atoms with Gasteiger partial charge in [0.1, 0.15) is 11.5 Å². The highest BCUT2D eigenvalue weighted by Crippen LogP contribution is 2.29. The van der Waals surface area contributed by atoms with Crippen LogP contribution in [0.3, 0.4) is 0 Å². The van der Waals surface area contributed by atoms with Gasteiger partial charge in [-0.15, -0.1) is 10.2 Å². The van der Waals surface area contributed by atoms with Crippen LogP contribution in [0.5, 0.6) is 11.5 Å². The van der Waals surface area contributed by atoms with Crippen molar-refractivity contribution >= 4 is 12.0 Å². The molecule has 8 heteroatoms. The quantitative estimate of drug-likeness (QED) is 0.394. The summed E-state index contributed by atoms with van der Waals surface area (Å²) in [5.41, 5.74) is 1.49. The van der Waals surface area contributed by atoms with E-state index in [-0.39, 0.29) is 18.6 Å². The summed E-state index contributed by atoms with van der Waals surface area (Å²) in [6.45, 7) is 7.40. The minimum Gasteiger partial charge on any atom is -0.493 e. The lowest BCUT2D eigenvalue weighted by Crippen LogP contribution is -2.06. The van der Waals surface area contributed by atoms with E-state index in [0.29, 0.717) is 23.1 Å². The molecule has 0 radical (unpaired) electrons. The van der Waals surface area contributed by atoms with Gasteiger partial charge >= 0.3 is 5.97 Å². The molecule has 8 nitrogen and oxygen atoms in total. The molecule has 0 aliphatic rings. The van der Waals surface area contributed by atoms with Crippen LogP contribution in [-0.2, 0) is 16.1 Å². The Balaban J connectivity index is 1.58. The summed E-state index contributed by atoms with van der Waals surface area (Å²) in [5.74, 6) is 2.64. The number of aryl methyl sites for hydroxylation is 2. The molecule has 0 fully saturated rings. The highest BCUT2D eigenvalue weighted by molar-refractivity contribution is 5.87. The normalized spacial score (nSPS) is 11.3. The Labute approximate surface area is 174 Å². The molecule has 0 amide bonds. The minimum atomic E-state index is -0.536. The number of ether oxygens (including phenoxy) is 3. The molecule has 0 saturated carbocycles. The van der Waals surface area contributed by atoms with Crippen LogP contribution >= 0.6 is 0 Å². The molecule has 0 bridgehead atoms. The molecule has 3 rings (SSSR count). The maximum Gasteiger partial charge on any atom is 0.331 e. The lowest BCUT2D eigenvalue weighted by atomic mass is 10.2. The Morgan fingerprint density at radius 3 is 2.60 bits per heavy atom. The highest BCUT2D eigenvalue weighted by Gasteiger charge is 2.15. The Hall–Kier alpha value is -3.55. The van der Waals surface area contributed by atoms with Gasteiger partial charge in [-0.1, -0.05) is 6.07 Å². The van der Waals surface area contributed by atoms with Gasteiger partial charge in [0.25, 0.3) is 11.8 Å². The molecule has 0 unspecified atom stereocenters. The van der Waals surface area contributed by atoms with Gasteiger partial charge in [-0.25, -0.2) is 4.79 Å². The third-order valence-electron chi connectivity index (χ3n) is 4.04. The number of nitrogens with zero attached hydrogens (tertiary/aromatic N) is 2. The van der Waals surface area contributed by atoms with Crippen molar-refractivity contribution in [2.75, 3.05) is 7.11 Å². The highest BCUT2D eigenvalue weighted by atomic mass is 16.5. The van der Waals surface area contributed by atoms with Crippen molar-refractivity contribution in [3.63, 3.8) is 0 Å². The third-order valence-corrected chi connectivity index (χ3v) is 4.04. The van der Waals surface area contributed by atoms with Crippen molar-refractivity contribution in [3.05, 3.63) is 53.3 Å². The van der Waals surface area contributed by atoms with Crippen molar-refractivity contribution in [2.45, 2.75) is 40.4 Å². The van der Waals surface area contributed by atoms with E-state index in [1.807, 2.05) is 39.8 Å². The Morgan fingerprint density at radius 2 is 1.93 bits per heavy atom. The number of benzene rings is 1. The van der Waals surface area contributed by atoms with Crippen LogP contribution in [0.4, 0.5) is 0 Å². The summed E-state index contributed by atoms with van der Waals surface area (Å²) >= 11 is 0. The van der Waals surface area contributed by atoms with E-state index in [1.54, 1.807) is 25.3 Å². The SMILES string of the molecule is COc1cc(/C=C/C(=O)OCc2nnc(-c3cc(C)oc3C)o2)ccc1OC(C)C. The van der Waals surface area contributed by atoms with Crippen LogP contribution in [-0.4, -0.2) is 29.4 Å². The number of furan rings is 1. The Morgan fingerprint density at radius 1 is 1.13 bits per heavy atom. The van der Waals surface area contributed by atoms with E-state index in [1.165, 1.54) is 6.08 Å². The lowest BCUT2D eigenvalue weighted by molar-refractivity contribution is -0.139. The molecule has 0 atom stereocenters. The number of rotatable bonds is 8. The van der Waals surface area contributed by atoms with Crippen LogP contribution in [0.2, 0.25) is 0 Å². The zero-order valence-corrected chi connectivity index (χ0v) is 17.6. The monoisotopic (exact) mass is 412 g/mol. The zero-order valence-electron chi connectivity index (χ0n) is 17.6. The lowest BCUT2D eigenvalue weighted by Gasteiger charge is -2.13. The summed E-state index contributed by atoms with van der Waals surface area (Å²) < 4.78 is 27.2. The first-order valence-electron chi connectivity index (χ1n) is 9.45. The van der Waals surface area contributed by atoms with Crippen molar-refractivity contribution in [1.29, 1.82) is 0 Å². The van der Waals surface area contributed by atoms with E-state index >= 15 is 0 Å². The number of methoxy groups -OCH3 is 1. The van der Waals surface area contributed by atoms with E-state index in [9.17, 15) is 4.79 Å². The van der Waals surface area contributed by atoms with Gasteiger partial charge < -0.3 is 23.0 Å². The zero-order chi connectivity index (χ0) is 21.7. The van der Waals surface area contributed by atoms with Crippen molar-refractivity contribution in [2.24, 2.45) is 0 Å². The van der Waals surface area contributed by atoms with Gasteiger partial charge in [0.05, 0.1) is 18.8 Å². The van der Waals surface area contributed by atoms with Gasteiger partial charge in [-0.2, -0.15) is 0 Å². The molecule has 30 heavy (non-hydrogen) atoms. The minimum absolute atomic E-state index is 0.0296. The second kappa shape index (κ2) is 9.30. The first kappa shape index (κ1) is 21.2. The van der Waals surface area contributed by atoms with Gasteiger partial charge in [-0.05, 0) is 57.5 Å². The van der Waals surface area contributed by atoms with Gasteiger partial charge in [0.2, 0.25) is 0 Å². The first-order valence-corrected chi connectivity index (χ1v) is 9.45. The number of carbonyl (C=O) groups is 1. The molecule has 0 spiro atoms. The number of hydrogen-bond donors (Lipinski definition) is 0. The topological polar surface area (TPSA) is 96.8 Å². The molecular formula is C22H24N2O6. The van der Waals surface area contributed by atoms with Crippen LogP contribution < -0.4 is 9.47 Å². The standard InChI is InChI=1S/C22H24N2O6/c1-13(2)28-18-8-6-16(11-19(18)26-5)7-9-21(25)27-12-20-23-24-22(30-20)17-10-14(3)29-15(17)4/h6-11,13H,12H2,1-5H3/b9-7+. The summed E-state index contributed by atoms with van der Waals surface area (Å²) in [7, 11) is 1.56. The maximum atomic E-state index is 12.0. The second-order valence-corrected chi connectivity index (χ2v) is 6.85. The fourth-order valence-electron chi connectivity index (χ4n) is 2.75. The fourth-order valence-corrected chi connectivity index (χ4v) is 2.75. The Bertz CT molecular complexity index is 1050.